The maximum absolute atomic E-state index is 12.3. The molecule has 0 radical (unpaired) electrons. The number of non-ortho nitro benzene ring substituents is 1. The van der Waals surface area contributed by atoms with Crippen molar-refractivity contribution >= 4 is 28.1 Å². The smallest absolute Gasteiger partial charge is 0.270 e. The average molecular weight is 412 g/mol. The molecule has 1 aliphatic rings. The molecule has 0 fully saturated rings. The second kappa shape index (κ2) is 9.27. The molecule has 0 saturated heterocycles. The van der Waals surface area contributed by atoms with Gasteiger partial charge in [0.1, 0.15) is 0 Å². The molecule has 27 heavy (non-hydrogen) atoms. The summed E-state index contributed by atoms with van der Waals surface area (Å²) in [6.07, 6.45) is 1.69. The Labute approximate surface area is 165 Å². The van der Waals surface area contributed by atoms with Crippen LogP contribution in [0.3, 0.4) is 0 Å². The fourth-order valence-electron chi connectivity index (χ4n) is 3.10. The number of nitro groups is 1. The molecule has 0 spiro atoms. The third kappa shape index (κ3) is 5.49. The zero-order chi connectivity index (χ0) is 18.6. The Morgan fingerprint density at radius 2 is 1.85 bits per heavy atom. The number of nitrogens with zero attached hydrogens (tertiary/aromatic N) is 2. The number of hydrogen-bond donors (Lipinski definition) is 1. The van der Waals surface area contributed by atoms with Gasteiger partial charge in [0.25, 0.3) is 5.69 Å². The summed E-state index contributed by atoms with van der Waals surface area (Å²) in [5.41, 5.74) is 2.48. The first-order chi connectivity index (χ1) is 12.5. The van der Waals surface area contributed by atoms with E-state index >= 15 is 0 Å². The van der Waals surface area contributed by atoms with E-state index in [2.05, 4.69) is 27.8 Å². The molecule has 0 bridgehead atoms. The molecule has 2 aromatic carbocycles. The lowest BCUT2D eigenvalue weighted by molar-refractivity contribution is -0.385. The van der Waals surface area contributed by atoms with Gasteiger partial charge in [0, 0.05) is 31.8 Å². The minimum atomic E-state index is -3.74. The number of sulfonamides is 1. The van der Waals surface area contributed by atoms with E-state index in [0.717, 1.165) is 32.1 Å². The molecular formula is C18H22ClN3O4S. The SMILES string of the molecule is Cl.O=[N+]([O-])c1cccc(S(=O)(=O)NCCCN2CCc3ccccc3C2)c1. The first kappa shape index (κ1) is 21.3. The second-order valence-corrected chi connectivity index (χ2v) is 8.07. The van der Waals surface area contributed by atoms with Crippen LogP contribution < -0.4 is 4.72 Å². The van der Waals surface area contributed by atoms with Crippen LogP contribution >= 0.6 is 12.4 Å². The van der Waals surface area contributed by atoms with Gasteiger partial charge in [0.05, 0.1) is 9.82 Å². The zero-order valence-corrected chi connectivity index (χ0v) is 16.3. The molecule has 0 aliphatic carbocycles. The molecule has 1 aliphatic heterocycles. The first-order valence-electron chi connectivity index (χ1n) is 8.49. The molecule has 2 aromatic rings. The molecule has 0 aromatic heterocycles. The van der Waals surface area contributed by atoms with E-state index in [0.29, 0.717) is 13.0 Å². The van der Waals surface area contributed by atoms with Gasteiger partial charge in [0.15, 0.2) is 0 Å². The highest BCUT2D eigenvalue weighted by molar-refractivity contribution is 7.89. The fourth-order valence-corrected chi connectivity index (χ4v) is 4.22. The van der Waals surface area contributed by atoms with Gasteiger partial charge in [-0.1, -0.05) is 30.3 Å². The summed E-state index contributed by atoms with van der Waals surface area (Å²) in [7, 11) is -3.74. The normalized spacial score (nSPS) is 14.2. The van der Waals surface area contributed by atoms with E-state index in [-0.39, 0.29) is 23.0 Å². The number of hydrogen-bond acceptors (Lipinski definition) is 5. The lowest BCUT2D eigenvalue weighted by atomic mass is 10.00. The summed E-state index contributed by atoms with van der Waals surface area (Å²) in [5, 5.41) is 10.8. The van der Waals surface area contributed by atoms with Crippen LogP contribution in [0.4, 0.5) is 5.69 Å². The second-order valence-electron chi connectivity index (χ2n) is 6.30. The van der Waals surface area contributed by atoms with Crippen molar-refractivity contribution in [1.29, 1.82) is 0 Å². The van der Waals surface area contributed by atoms with Crippen molar-refractivity contribution < 1.29 is 13.3 Å². The van der Waals surface area contributed by atoms with Gasteiger partial charge in [-0.15, -0.1) is 12.4 Å². The van der Waals surface area contributed by atoms with Crippen molar-refractivity contribution in [2.24, 2.45) is 0 Å². The Morgan fingerprint density at radius 3 is 2.59 bits per heavy atom. The Bertz CT molecular complexity index is 905. The summed E-state index contributed by atoms with van der Waals surface area (Å²) < 4.78 is 27.1. The van der Waals surface area contributed by atoms with Crippen molar-refractivity contribution in [3.8, 4) is 0 Å². The number of rotatable bonds is 7. The van der Waals surface area contributed by atoms with Crippen molar-refractivity contribution in [2.75, 3.05) is 19.6 Å². The minimum absolute atomic E-state index is 0. The molecule has 7 nitrogen and oxygen atoms in total. The van der Waals surface area contributed by atoms with Gasteiger partial charge in [-0.25, -0.2) is 13.1 Å². The minimum Gasteiger partial charge on any atom is -0.299 e. The van der Waals surface area contributed by atoms with Crippen LogP contribution in [0, 0.1) is 10.1 Å². The lowest BCUT2D eigenvalue weighted by Gasteiger charge is -2.28. The lowest BCUT2D eigenvalue weighted by Crippen LogP contribution is -2.33. The van der Waals surface area contributed by atoms with Crippen LogP contribution in [0.2, 0.25) is 0 Å². The van der Waals surface area contributed by atoms with Crippen LogP contribution in [0.25, 0.3) is 0 Å². The highest BCUT2D eigenvalue weighted by Crippen LogP contribution is 2.19. The number of benzene rings is 2. The largest absolute Gasteiger partial charge is 0.299 e. The maximum Gasteiger partial charge on any atom is 0.270 e. The standard InChI is InChI=1S/C18H21N3O4S.ClH/c22-21(23)17-7-3-8-18(13-17)26(24,25)19-10-4-11-20-12-9-15-5-1-2-6-16(15)14-20;/h1-3,5-8,13,19H,4,9-12,14H2;1H. The number of halogens is 1. The summed E-state index contributed by atoms with van der Waals surface area (Å²) in [5.74, 6) is 0. The Balaban J connectivity index is 0.00000261. The first-order valence-corrected chi connectivity index (χ1v) is 9.97. The topological polar surface area (TPSA) is 92.5 Å². The molecule has 1 heterocycles. The molecule has 0 saturated carbocycles. The number of nitrogens with one attached hydrogen (secondary N) is 1. The van der Waals surface area contributed by atoms with Gasteiger partial charge in [-0.05, 0) is 36.6 Å². The van der Waals surface area contributed by atoms with Crippen LogP contribution in [0.15, 0.2) is 53.4 Å². The van der Waals surface area contributed by atoms with Gasteiger partial charge in [-0.3, -0.25) is 15.0 Å². The van der Waals surface area contributed by atoms with Crippen LogP contribution in [-0.4, -0.2) is 37.9 Å². The Morgan fingerprint density at radius 1 is 1.11 bits per heavy atom. The molecule has 1 N–H and O–H groups in total. The molecular weight excluding hydrogens is 390 g/mol. The third-order valence-corrected chi connectivity index (χ3v) is 5.95. The number of fused-ring (bicyclic) bond motifs is 1. The van der Waals surface area contributed by atoms with Crippen LogP contribution in [0.1, 0.15) is 17.5 Å². The zero-order valence-electron chi connectivity index (χ0n) is 14.7. The van der Waals surface area contributed by atoms with E-state index in [1.54, 1.807) is 0 Å². The number of nitro benzene ring substituents is 1. The van der Waals surface area contributed by atoms with E-state index in [1.165, 1.54) is 29.3 Å². The van der Waals surface area contributed by atoms with Gasteiger partial charge >= 0.3 is 0 Å². The van der Waals surface area contributed by atoms with Crippen molar-refractivity contribution in [2.45, 2.75) is 24.3 Å². The highest BCUT2D eigenvalue weighted by atomic mass is 35.5. The van der Waals surface area contributed by atoms with Gasteiger partial charge in [0.2, 0.25) is 10.0 Å². The average Bonchev–Trinajstić information content (AvgIpc) is 2.65. The summed E-state index contributed by atoms with van der Waals surface area (Å²) >= 11 is 0. The fraction of sp³-hybridized carbons (Fsp3) is 0.333. The van der Waals surface area contributed by atoms with Crippen LogP contribution in [0.5, 0.6) is 0 Å². The predicted molar refractivity (Wildman–Crippen MR) is 106 cm³/mol. The molecule has 0 unspecified atom stereocenters. The van der Waals surface area contributed by atoms with Crippen molar-refractivity contribution in [3.05, 3.63) is 69.8 Å². The molecule has 0 atom stereocenters. The van der Waals surface area contributed by atoms with E-state index < -0.39 is 14.9 Å². The van der Waals surface area contributed by atoms with E-state index in [4.69, 9.17) is 0 Å². The third-order valence-electron chi connectivity index (χ3n) is 4.49. The van der Waals surface area contributed by atoms with Crippen molar-refractivity contribution in [1.82, 2.24) is 9.62 Å². The highest BCUT2D eigenvalue weighted by Gasteiger charge is 2.18. The predicted octanol–water partition coefficient (Wildman–Crippen LogP) is 2.74. The van der Waals surface area contributed by atoms with Crippen molar-refractivity contribution in [3.63, 3.8) is 0 Å². The quantitative estimate of drug-likeness (QED) is 0.429. The molecule has 3 rings (SSSR count). The molecule has 0 amide bonds. The summed E-state index contributed by atoms with van der Waals surface area (Å²) in [6, 6.07) is 13.4. The summed E-state index contributed by atoms with van der Waals surface area (Å²) in [6.45, 7) is 2.94. The Hall–Kier alpha value is -2.00. The monoisotopic (exact) mass is 411 g/mol. The molecule has 146 valence electrons. The maximum atomic E-state index is 12.3. The van der Waals surface area contributed by atoms with Crippen LogP contribution in [-0.2, 0) is 23.0 Å². The Kier molecular flexibility index (Phi) is 7.32. The van der Waals surface area contributed by atoms with E-state index in [1.807, 2.05) is 6.07 Å². The molecule has 9 heteroatoms. The summed E-state index contributed by atoms with van der Waals surface area (Å²) in [4.78, 5) is 12.4. The van der Waals surface area contributed by atoms with Gasteiger partial charge in [-0.2, -0.15) is 0 Å². The van der Waals surface area contributed by atoms with E-state index in [9.17, 15) is 18.5 Å². The van der Waals surface area contributed by atoms with Gasteiger partial charge < -0.3 is 0 Å².